The van der Waals surface area contributed by atoms with Crippen molar-refractivity contribution in [2.24, 2.45) is 13.0 Å². The largest absolute Gasteiger partial charge is 0.481 e. The highest BCUT2D eigenvalue weighted by Crippen LogP contribution is 2.36. The number of hydrogen-bond donors (Lipinski definition) is 1. The van der Waals surface area contributed by atoms with Crippen LogP contribution in [0.25, 0.3) is 33.6 Å². The van der Waals surface area contributed by atoms with Crippen LogP contribution in [0.4, 0.5) is 0 Å². The van der Waals surface area contributed by atoms with Crippen molar-refractivity contribution in [3.05, 3.63) is 42.0 Å². The quantitative estimate of drug-likeness (QED) is 0.453. The van der Waals surface area contributed by atoms with Gasteiger partial charge in [-0.2, -0.15) is 4.98 Å². The van der Waals surface area contributed by atoms with E-state index in [-0.39, 0.29) is 18.1 Å². The van der Waals surface area contributed by atoms with Gasteiger partial charge in [-0.15, -0.1) is 0 Å². The topological polar surface area (TPSA) is 86.4 Å². The fraction of sp³-hybridized carbons (Fsp3) is 0.464. The Morgan fingerprint density at radius 1 is 1.16 bits per heavy atom. The average molecular weight is 501 g/mol. The van der Waals surface area contributed by atoms with E-state index in [1.807, 2.05) is 36.2 Å². The molecule has 0 radical (unpaired) electrons. The van der Waals surface area contributed by atoms with Gasteiger partial charge in [0, 0.05) is 50.2 Å². The molecule has 3 aromatic heterocycles. The number of rotatable bonds is 5. The minimum Gasteiger partial charge on any atom is -0.481 e. The Morgan fingerprint density at radius 2 is 2.05 bits per heavy atom. The molecule has 9 nitrogen and oxygen atoms in total. The maximum atomic E-state index is 13.4. The number of benzene rings is 1. The molecule has 0 bridgehead atoms. The summed E-state index contributed by atoms with van der Waals surface area (Å²) in [5.41, 5.74) is 4.47. The second-order valence-corrected chi connectivity index (χ2v) is 10.6. The van der Waals surface area contributed by atoms with E-state index in [0.29, 0.717) is 30.5 Å². The predicted molar refractivity (Wildman–Crippen MR) is 141 cm³/mol. The lowest BCUT2D eigenvalue weighted by molar-refractivity contribution is -0.0383. The van der Waals surface area contributed by atoms with Gasteiger partial charge < -0.3 is 28.8 Å². The van der Waals surface area contributed by atoms with E-state index in [2.05, 4.69) is 26.6 Å². The number of nitrogens with one attached hydrogen (secondary N) is 1. The number of amides is 1. The summed E-state index contributed by atoms with van der Waals surface area (Å²) < 4.78 is 15.7. The number of piperidine rings is 1. The Balaban J connectivity index is 1.24. The zero-order valence-electron chi connectivity index (χ0n) is 21.3. The normalized spacial score (nSPS) is 21.9. The van der Waals surface area contributed by atoms with Crippen LogP contribution in [0.2, 0.25) is 0 Å². The summed E-state index contributed by atoms with van der Waals surface area (Å²) in [4.78, 5) is 25.2. The number of aromatic nitrogens is 4. The van der Waals surface area contributed by atoms with Crippen molar-refractivity contribution >= 4 is 28.0 Å². The van der Waals surface area contributed by atoms with Crippen molar-refractivity contribution in [3.63, 3.8) is 0 Å². The number of methoxy groups -OCH3 is 1. The SMILES string of the molecule is COc1ccc2cc(-c3nc4cc(C(=O)N5CC[C@@H]6OCCN[C@@H]6C5)ccc4n3C)n(CC3CC3)c2n1. The minimum absolute atomic E-state index is 0.0547. The van der Waals surface area contributed by atoms with Crippen molar-refractivity contribution in [2.45, 2.75) is 38.0 Å². The third-order valence-electron chi connectivity index (χ3n) is 8.10. The number of morpholine rings is 1. The van der Waals surface area contributed by atoms with Gasteiger partial charge in [0.05, 0.1) is 42.6 Å². The van der Waals surface area contributed by atoms with Crippen molar-refractivity contribution in [3.8, 4) is 17.4 Å². The van der Waals surface area contributed by atoms with Crippen LogP contribution in [0, 0.1) is 5.92 Å². The van der Waals surface area contributed by atoms with Gasteiger partial charge in [0.15, 0.2) is 5.82 Å². The molecule has 1 N–H and O–H groups in total. The predicted octanol–water partition coefficient (Wildman–Crippen LogP) is 3.21. The van der Waals surface area contributed by atoms with Gasteiger partial charge in [0.1, 0.15) is 5.65 Å². The van der Waals surface area contributed by atoms with Crippen LogP contribution in [0.3, 0.4) is 0 Å². The van der Waals surface area contributed by atoms with Crippen LogP contribution in [-0.4, -0.2) is 75.4 Å². The lowest BCUT2D eigenvalue weighted by atomic mass is 9.99. The summed E-state index contributed by atoms with van der Waals surface area (Å²) in [5.74, 6) is 2.22. The van der Waals surface area contributed by atoms with Crippen LogP contribution in [0.15, 0.2) is 36.4 Å². The van der Waals surface area contributed by atoms with Crippen molar-refractivity contribution < 1.29 is 14.3 Å². The summed E-state index contributed by atoms with van der Waals surface area (Å²) >= 11 is 0. The Hall–Kier alpha value is -3.43. The zero-order chi connectivity index (χ0) is 25.1. The molecule has 5 heterocycles. The van der Waals surface area contributed by atoms with Gasteiger partial charge >= 0.3 is 0 Å². The first-order valence-corrected chi connectivity index (χ1v) is 13.2. The third kappa shape index (κ3) is 3.97. The molecule has 0 spiro atoms. The fourth-order valence-corrected chi connectivity index (χ4v) is 5.86. The fourth-order valence-electron chi connectivity index (χ4n) is 5.86. The number of pyridine rings is 1. The van der Waals surface area contributed by atoms with Crippen molar-refractivity contribution in [1.29, 1.82) is 0 Å². The number of aryl methyl sites for hydroxylation is 1. The smallest absolute Gasteiger partial charge is 0.253 e. The van der Waals surface area contributed by atoms with Crippen LogP contribution < -0.4 is 10.1 Å². The lowest BCUT2D eigenvalue weighted by Gasteiger charge is -2.41. The monoisotopic (exact) mass is 500 g/mol. The highest BCUT2D eigenvalue weighted by Gasteiger charge is 2.34. The molecule has 2 aliphatic heterocycles. The van der Waals surface area contributed by atoms with E-state index in [9.17, 15) is 4.79 Å². The zero-order valence-corrected chi connectivity index (χ0v) is 21.3. The Morgan fingerprint density at radius 3 is 2.89 bits per heavy atom. The second kappa shape index (κ2) is 8.85. The number of fused-ring (bicyclic) bond motifs is 3. The number of hydrogen-bond acceptors (Lipinski definition) is 6. The van der Waals surface area contributed by atoms with Crippen LogP contribution >= 0.6 is 0 Å². The molecule has 3 aliphatic rings. The van der Waals surface area contributed by atoms with Crippen molar-refractivity contribution in [1.82, 2.24) is 29.3 Å². The summed E-state index contributed by atoms with van der Waals surface area (Å²) in [5, 5.41) is 4.58. The standard InChI is InChI=1S/C28H32N6O3/c1-32-22-7-5-19(28(35)33-11-9-24-21(16-33)29-10-12-37-24)13-20(22)30-27(32)23-14-18-6-8-25(36-2)31-26(18)34(23)15-17-3-4-17/h5-8,13-14,17,21,24,29H,3-4,9-12,15-16H2,1-2H3/t21-,24+/m1/s1. The van der Waals surface area contributed by atoms with Crippen LogP contribution in [0.5, 0.6) is 5.88 Å². The van der Waals surface area contributed by atoms with Crippen LogP contribution in [-0.2, 0) is 18.3 Å². The molecule has 4 aromatic rings. The molecule has 192 valence electrons. The highest BCUT2D eigenvalue weighted by molar-refractivity contribution is 5.98. The molecule has 1 aromatic carbocycles. The van der Waals surface area contributed by atoms with Gasteiger partial charge in [-0.3, -0.25) is 4.79 Å². The second-order valence-electron chi connectivity index (χ2n) is 10.6. The van der Waals surface area contributed by atoms with E-state index in [0.717, 1.165) is 59.7 Å². The molecule has 7 rings (SSSR count). The third-order valence-corrected chi connectivity index (χ3v) is 8.10. The maximum absolute atomic E-state index is 13.4. The summed E-state index contributed by atoms with van der Waals surface area (Å²) in [6.45, 7) is 3.89. The molecule has 1 saturated carbocycles. The molecule has 2 saturated heterocycles. The molecule has 3 fully saturated rings. The van der Waals surface area contributed by atoms with E-state index >= 15 is 0 Å². The molecule has 1 aliphatic carbocycles. The molecule has 2 atom stereocenters. The Kier molecular flexibility index (Phi) is 5.44. The van der Waals surface area contributed by atoms with E-state index < -0.39 is 0 Å². The van der Waals surface area contributed by atoms with Crippen molar-refractivity contribution in [2.75, 3.05) is 33.4 Å². The number of nitrogens with zero attached hydrogens (tertiary/aromatic N) is 5. The maximum Gasteiger partial charge on any atom is 0.253 e. The summed E-state index contributed by atoms with van der Waals surface area (Å²) in [6.07, 6.45) is 3.56. The number of ether oxygens (including phenoxy) is 2. The van der Waals surface area contributed by atoms with Gasteiger partial charge in [0.2, 0.25) is 5.88 Å². The highest BCUT2D eigenvalue weighted by atomic mass is 16.5. The number of imidazole rings is 1. The summed E-state index contributed by atoms with van der Waals surface area (Å²) in [6, 6.07) is 12.2. The van der Waals surface area contributed by atoms with Crippen LogP contribution in [0.1, 0.15) is 29.6 Å². The van der Waals surface area contributed by atoms with Gasteiger partial charge in [-0.05, 0) is 55.5 Å². The van der Waals surface area contributed by atoms with E-state index in [1.54, 1.807) is 7.11 Å². The first-order valence-electron chi connectivity index (χ1n) is 13.2. The van der Waals surface area contributed by atoms with Gasteiger partial charge in [-0.1, -0.05) is 0 Å². The van der Waals surface area contributed by atoms with E-state index in [1.165, 1.54) is 12.8 Å². The minimum atomic E-state index is 0.0547. The molecule has 9 heteroatoms. The number of carbonyl (C=O) groups excluding carboxylic acids is 1. The van der Waals surface area contributed by atoms with E-state index in [4.69, 9.17) is 19.4 Å². The van der Waals surface area contributed by atoms with Gasteiger partial charge in [-0.25, -0.2) is 4.98 Å². The molecular weight excluding hydrogens is 468 g/mol. The average Bonchev–Trinajstić information content (AvgIpc) is 3.61. The first-order chi connectivity index (χ1) is 18.1. The lowest BCUT2D eigenvalue weighted by Crippen LogP contribution is -2.59. The Labute approximate surface area is 215 Å². The number of likely N-dealkylation sites (tertiary alicyclic amines) is 1. The van der Waals surface area contributed by atoms with Gasteiger partial charge in [0.25, 0.3) is 5.91 Å². The first kappa shape index (κ1) is 22.7. The molecule has 0 unspecified atom stereocenters. The summed E-state index contributed by atoms with van der Waals surface area (Å²) in [7, 11) is 3.69. The molecule has 37 heavy (non-hydrogen) atoms. The Bertz CT molecular complexity index is 1500. The molecule has 1 amide bonds. The number of carbonyl (C=O) groups is 1. The molecular formula is C28H32N6O3.